The molecule has 0 bridgehead atoms. The van der Waals surface area contributed by atoms with Crippen LogP contribution in [0, 0.1) is 30.6 Å². The van der Waals surface area contributed by atoms with E-state index in [0.717, 1.165) is 16.7 Å². The van der Waals surface area contributed by atoms with Crippen molar-refractivity contribution < 1.29 is 33.8 Å². The molecular weight excluding hydrogens is 400 g/mol. The summed E-state index contributed by atoms with van der Waals surface area (Å²) in [4.78, 5) is 47.9. The van der Waals surface area contributed by atoms with E-state index in [-0.39, 0.29) is 18.6 Å². The summed E-state index contributed by atoms with van der Waals surface area (Å²) in [6.45, 7) is 2.00. The van der Waals surface area contributed by atoms with Gasteiger partial charge in [-0.1, -0.05) is 42.0 Å². The van der Waals surface area contributed by atoms with Crippen molar-refractivity contribution in [1.29, 1.82) is 0 Å². The molecular formula is C24H24O7. The lowest BCUT2D eigenvalue weighted by Gasteiger charge is -2.34. The normalized spacial score (nSPS) is 22.9. The van der Waals surface area contributed by atoms with Crippen LogP contribution in [0.3, 0.4) is 0 Å². The second kappa shape index (κ2) is 9.55. The summed E-state index contributed by atoms with van der Waals surface area (Å²) in [7, 11) is 1.19. The topological polar surface area (TPSA) is 107 Å². The van der Waals surface area contributed by atoms with Crippen molar-refractivity contribution in [3.8, 4) is 16.9 Å². The van der Waals surface area contributed by atoms with Gasteiger partial charge in [0.15, 0.2) is 0 Å². The van der Waals surface area contributed by atoms with Crippen molar-refractivity contribution >= 4 is 24.2 Å². The smallest absolute Gasteiger partial charge is 0.315 e. The Labute approximate surface area is 180 Å². The molecule has 4 unspecified atom stereocenters. The average Bonchev–Trinajstić information content (AvgIpc) is 2.78. The Morgan fingerprint density at radius 3 is 1.97 bits per heavy atom. The number of aryl methyl sites for hydroxylation is 1. The Morgan fingerprint density at radius 2 is 1.45 bits per heavy atom. The second-order valence-corrected chi connectivity index (χ2v) is 7.76. The fraction of sp³-hybridized carbons (Fsp3) is 0.333. The Bertz CT molecular complexity index is 962. The number of aldehydes is 1. The van der Waals surface area contributed by atoms with Crippen LogP contribution in [0.1, 0.15) is 18.4 Å². The summed E-state index contributed by atoms with van der Waals surface area (Å²) in [6, 6.07) is 14.9. The van der Waals surface area contributed by atoms with Crippen LogP contribution in [-0.4, -0.2) is 36.4 Å². The summed E-state index contributed by atoms with van der Waals surface area (Å²) >= 11 is 0. The minimum absolute atomic E-state index is 0.118. The molecule has 7 heteroatoms. The minimum Gasteiger partial charge on any atom is -0.481 e. The van der Waals surface area contributed by atoms with Crippen LogP contribution in [0.25, 0.3) is 11.1 Å². The summed E-state index contributed by atoms with van der Waals surface area (Å²) in [5.74, 6) is -6.17. The molecule has 0 heterocycles. The van der Waals surface area contributed by atoms with Gasteiger partial charge in [0, 0.05) is 5.92 Å². The highest BCUT2D eigenvalue weighted by atomic mass is 16.5. The van der Waals surface area contributed by atoms with E-state index in [1.54, 1.807) is 12.1 Å². The minimum atomic E-state index is -1.20. The maximum absolute atomic E-state index is 12.8. The van der Waals surface area contributed by atoms with Crippen molar-refractivity contribution in [1.82, 2.24) is 0 Å². The molecule has 0 spiro atoms. The van der Waals surface area contributed by atoms with Gasteiger partial charge in [0.2, 0.25) is 0 Å². The Morgan fingerprint density at radius 1 is 0.871 bits per heavy atom. The summed E-state index contributed by atoms with van der Waals surface area (Å²) in [5, 5.41) is 9.56. The van der Waals surface area contributed by atoms with Crippen molar-refractivity contribution in [2.75, 3.05) is 7.11 Å². The van der Waals surface area contributed by atoms with Crippen LogP contribution in [0.4, 0.5) is 0 Å². The van der Waals surface area contributed by atoms with E-state index >= 15 is 0 Å². The first-order valence-electron chi connectivity index (χ1n) is 9.98. The third kappa shape index (κ3) is 4.99. The van der Waals surface area contributed by atoms with Gasteiger partial charge in [-0.05, 0) is 43.0 Å². The monoisotopic (exact) mass is 424 g/mol. The number of aliphatic carboxylic acids is 1. The highest BCUT2D eigenvalue weighted by Crippen LogP contribution is 2.39. The van der Waals surface area contributed by atoms with Gasteiger partial charge >= 0.3 is 17.9 Å². The molecule has 1 saturated carbocycles. The van der Waals surface area contributed by atoms with Crippen LogP contribution in [0.15, 0.2) is 48.5 Å². The third-order valence-corrected chi connectivity index (χ3v) is 5.79. The van der Waals surface area contributed by atoms with Crippen LogP contribution < -0.4 is 4.74 Å². The van der Waals surface area contributed by atoms with Gasteiger partial charge < -0.3 is 19.4 Å². The van der Waals surface area contributed by atoms with E-state index in [1.807, 2.05) is 43.3 Å². The largest absolute Gasteiger partial charge is 0.481 e. The van der Waals surface area contributed by atoms with Gasteiger partial charge in [-0.25, -0.2) is 0 Å². The van der Waals surface area contributed by atoms with E-state index in [0.29, 0.717) is 6.29 Å². The quantitative estimate of drug-likeness (QED) is 0.431. The molecule has 7 nitrogen and oxygen atoms in total. The molecule has 0 radical (unpaired) electrons. The number of hydrogen-bond acceptors (Lipinski definition) is 6. The zero-order valence-corrected chi connectivity index (χ0v) is 17.3. The molecule has 3 rings (SSSR count). The molecule has 0 aliphatic heterocycles. The van der Waals surface area contributed by atoms with E-state index in [9.17, 15) is 24.3 Å². The molecule has 1 aliphatic carbocycles. The fourth-order valence-electron chi connectivity index (χ4n) is 3.99. The first-order valence-corrected chi connectivity index (χ1v) is 9.98. The second-order valence-electron chi connectivity index (χ2n) is 7.76. The van der Waals surface area contributed by atoms with Gasteiger partial charge in [0.1, 0.15) is 12.0 Å². The number of carboxylic acids is 1. The van der Waals surface area contributed by atoms with Crippen LogP contribution >= 0.6 is 0 Å². The van der Waals surface area contributed by atoms with E-state index in [4.69, 9.17) is 9.47 Å². The van der Waals surface area contributed by atoms with Crippen molar-refractivity contribution in [2.45, 2.75) is 19.8 Å². The summed E-state index contributed by atoms with van der Waals surface area (Å²) in [5.41, 5.74) is 3.11. The maximum atomic E-state index is 12.8. The lowest BCUT2D eigenvalue weighted by Crippen LogP contribution is -2.44. The average molecular weight is 424 g/mol. The van der Waals surface area contributed by atoms with Crippen molar-refractivity contribution in [3.63, 3.8) is 0 Å². The lowest BCUT2D eigenvalue weighted by molar-refractivity contribution is -0.162. The highest BCUT2D eigenvalue weighted by Gasteiger charge is 2.47. The number of benzene rings is 2. The lowest BCUT2D eigenvalue weighted by atomic mass is 9.68. The number of rotatable bonds is 6. The summed E-state index contributed by atoms with van der Waals surface area (Å²) < 4.78 is 10.2. The SMILES string of the molecule is COC(=O)C1CC(C(=O)Oc2ccc(-c3ccc(C)cc3)cc2)C(C(=O)O)CC1C=O. The molecule has 1 fully saturated rings. The zero-order valence-electron chi connectivity index (χ0n) is 17.3. The van der Waals surface area contributed by atoms with E-state index in [2.05, 4.69) is 0 Å². The number of hydrogen-bond donors (Lipinski definition) is 1. The zero-order chi connectivity index (χ0) is 22.5. The van der Waals surface area contributed by atoms with Crippen molar-refractivity contribution in [2.24, 2.45) is 23.7 Å². The number of carboxylic acid groups (broad SMARTS) is 1. The standard InChI is InChI=1S/C24H24O7/c1-14-3-5-15(6-4-14)16-7-9-18(10-8-16)31-24(29)21-12-19(23(28)30-2)17(13-25)11-20(21)22(26)27/h3-10,13,17,19-21H,11-12H2,1-2H3,(H,26,27). The van der Waals surface area contributed by atoms with Crippen LogP contribution in [0.5, 0.6) is 5.75 Å². The molecule has 31 heavy (non-hydrogen) atoms. The number of methoxy groups -OCH3 is 1. The number of carbonyl (C=O) groups excluding carboxylic acids is 3. The number of ether oxygens (including phenoxy) is 2. The van der Waals surface area contributed by atoms with Gasteiger partial charge in [0.05, 0.1) is 24.9 Å². The van der Waals surface area contributed by atoms with Gasteiger partial charge in [-0.15, -0.1) is 0 Å². The first kappa shape index (κ1) is 22.2. The van der Waals surface area contributed by atoms with E-state index in [1.165, 1.54) is 7.11 Å². The summed E-state index contributed by atoms with van der Waals surface area (Å²) in [6.07, 6.45) is 0.320. The molecule has 0 saturated heterocycles. The molecule has 1 N–H and O–H groups in total. The van der Waals surface area contributed by atoms with Gasteiger partial charge in [0.25, 0.3) is 0 Å². The van der Waals surface area contributed by atoms with Crippen molar-refractivity contribution in [3.05, 3.63) is 54.1 Å². The Balaban J connectivity index is 1.76. The van der Waals surface area contributed by atoms with E-state index < -0.39 is 41.6 Å². The molecule has 4 atom stereocenters. The van der Waals surface area contributed by atoms with Crippen LogP contribution in [-0.2, 0) is 23.9 Å². The Hall–Kier alpha value is -3.48. The number of carbonyl (C=O) groups is 4. The predicted molar refractivity (Wildman–Crippen MR) is 111 cm³/mol. The van der Waals surface area contributed by atoms with Crippen LogP contribution in [0.2, 0.25) is 0 Å². The maximum Gasteiger partial charge on any atom is 0.315 e. The molecule has 1 aliphatic rings. The molecule has 2 aromatic carbocycles. The molecule has 2 aromatic rings. The number of esters is 2. The Kier molecular flexibility index (Phi) is 6.84. The third-order valence-electron chi connectivity index (χ3n) is 5.79. The molecule has 0 aromatic heterocycles. The fourth-order valence-corrected chi connectivity index (χ4v) is 3.99. The molecule has 162 valence electrons. The highest BCUT2D eigenvalue weighted by molar-refractivity contribution is 5.86. The van der Waals surface area contributed by atoms with Gasteiger partial charge in [-0.2, -0.15) is 0 Å². The predicted octanol–water partition coefficient (Wildman–Crippen LogP) is 3.28. The van der Waals surface area contributed by atoms with Gasteiger partial charge in [-0.3, -0.25) is 14.4 Å². The molecule has 0 amide bonds. The first-order chi connectivity index (χ1) is 14.8.